The molecule has 13 heteroatoms. The van der Waals surface area contributed by atoms with Gasteiger partial charge in [-0.1, -0.05) is 64.7 Å². The Morgan fingerprint density at radius 3 is 1.44 bits per heavy atom. The third-order valence-corrected chi connectivity index (χ3v) is 3.65. The second-order valence-corrected chi connectivity index (χ2v) is 7.38. The van der Waals surface area contributed by atoms with Gasteiger partial charge in [-0.2, -0.15) is 0 Å². The van der Waals surface area contributed by atoms with Crippen LogP contribution in [0.1, 0.15) is 91.9 Å². The first-order valence-corrected chi connectivity index (χ1v) is 11.7. The van der Waals surface area contributed by atoms with Crippen molar-refractivity contribution in [3.05, 3.63) is 0 Å². The van der Waals surface area contributed by atoms with E-state index in [2.05, 4.69) is 12.2 Å². The average Bonchev–Trinajstić information content (AvgIpc) is 2.68. The van der Waals surface area contributed by atoms with Crippen LogP contribution in [0.15, 0.2) is 0 Å². The summed E-state index contributed by atoms with van der Waals surface area (Å²) in [6.07, 6.45) is 12.9. The molecule has 0 bridgehead atoms. The van der Waals surface area contributed by atoms with E-state index in [1.807, 2.05) is 0 Å². The minimum absolute atomic E-state index is 0. The van der Waals surface area contributed by atoms with Crippen LogP contribution in [0.4, 0.5) is 0 Å². The van der Waals surface area contributed by atoms with E-state index in [1.165, 1.54) is 57.8 Å². The molecule has 4 N–H and O–H groups in total. The van der Waals surface area contributed by atoms with Gasteiger partial charge in [-0.05, 0) is 27.2 Å². The number of rotatable bonds is 17. The van der Waals surface area contributed by atoms with Gasteiger partial charge >= 0.3 is 88.7 Å². The van der Waals surface area contributed by atoms with Gasteiger partial charge in [-0.15, -0.1) is 0 Å². The Morgan fingerprint density at radius 2 is 1.11 bits per heavy atom. The molecule has 0 spiro atoms. The van der Waals surface area contributed by atoms with Crippen LogP contribution < -0.4 is 115 Å². The van der Waals surface area contributed by atoms with Crippen LogP contribution >= 0.6 is 0 Å². The van der Waals surface area contributed by atoms with Crippen LogP contribution in [0.25, 0.3) is 0 Å². The summed E-state index contributed by atoms with van der Waals surface area (Å²) in [5, 5.41) is 39.3. The first kappa shape index (κ1) is 53.5. The van der Waals surface area contributed by atoms with E-state index >= 15 is 0 Å². The maximum Gasteiger partial charge on any atom is 1.00 e. The molecular formula is C23H47N2Na3O8. The van der Waals surface area contributed by atoms with Gasteiger partial charge in [0.2, 0.25) is 0 Å². The van der Waals surface area contributed by atoms with Crippen molar-refractivity contribution >= 4 is 17.9 Å². The fourth-order valence-corrected chi connectivity index (χ4v) is 2.34. The van der Waals surface area contributed by atoms with Crippen molar-refractivity contribution in [2.24, 2.45) is 5.73 Å². The SMILES string of the molecule is CC(=O)[O-].CC(=O)[O-].CC(=O)[O-].CCCCCCCCCCCCOCC(O)CNCCN.[Na+].[Na+].[Na+]. The Hall–Kier alpha value is 1.25. The van der Waals surface area contributed by atoms with E-state index in [4.69, 9.17) is 40.2 Å². The molecule has 1 atom stereocenters. The van der Waals surface area contributed by atoms with E-state index in [0.29, 0.717) is 19.7 Å². The second kappa shape index (κ2) is 49.2. The monoisotopic (exact) mass is 548 g/mol. The third kappa shape index (κ3) is 101. The fourth-order valence-electron chi connectivity index (χ4n) is 2.34. The van der Waals surface area contributed by atoms with Gasteiger partial charge in [-0.3, -0.25) is 0 Å². The van der Waals surface area contributed by atoms with Gasteiger partial charge in [0.15, 0.2) is 0 Å². The molecule has 0 aliphatic rings. The molecule has 0 aromatic carbocycles. The average molecular weight is 549 g/mol. The smallest absolute Gasteiger partial charge is 0.550 e. The van der Waals surface area contributed by atoms with Gasteiger partial charge in [-0.25, -0.2) is 0 Å². The van der Waals surface area contributed by atoms with Crippen LogP contribution in [-0.2, 0) is 19.1 Å². The summed E-state index contributed by atoms with van der Waals surface area (Å²) in [5.74, 6) is -3.25. The number of hydrogen-bond acceptors (Lipinski definition) is 10. The van der Waals surface area contributed by atoms with Gasteiger partial charge in [0, 0.05) is 44.1 Å². The number of carboxylic acids is 3. The van der Waals surface area contributed by atoms with Crippen molar-refractivity contribution in [3.8, 4) is 0 Å². The summed E-state index contributed by atoms with van der Waals surface area (Å²) >= 11 is 0. The number of nitrogens with two attached hydrogens (primary N) is 1. The fraction of sp³-hybridized carbons (Fsp3) is 0.870. The van der Waals surface area contributed by atoms with Gasteiger partial charge in [0.1, 0.15) is 0 Å². The number of aliphatic hydroxyl groups is 1. The number of carbonyl (C=O) groups excluding carboxylic acids is 3. The van der Waals surface area contributed by atoms with E-state index in [9.17, 15) is 5.11 Å². The molecule has 200 valence electrons. The Bertz CT molecular complexity index is 398. The number of aliphatic hydroxyl groups excluding tert-OH is 1. The Kier molecular flexibility index (Phi) is 73.1. The molecule has 0 saturated heterocycles. The number of nitrogens with one attached hydrogen (secondary N) is 1. The maximum absolute atomic E-state index is 9.61. The quantitative estimate of drug-likeness (QED) is 0.116. The van der Waals surface area contributed by atoms with Gasteiger partial charge in [0.05, 0.1) is 12.7 Å². The summed E-state index contributed by atoms with van der Waals surface area (Å²) in [7, 11) is 0. The molecule has 0 aliphatic heterocycles. The number of aliphatic carboxylic acids is 3. The molecule has 36 heavy (non-hydrogen) atoms. The number of carboxylic acid groups (broad SMARTS) is 3. The Labute approximate surface area is 285 Å². The molecule has 0 amide bonds. The van der Waals surface area contributed by atoms with Crippen LogP contribution in [0.2, 0.25) is 0 Å². The number of carbonyl (C=O) groups is 3. The minimum Gasteiger partial charge on any atom is -0.550 e. The number of hydrogen-bond donors (Lipinski definition) is 3. The molecule has 10 nitrogen and oxygen atoms in total. The number of unbranched alkanes of at least 4 members (excludes halogenated alkanes) is 9. The predicted octanol–water partition coefficient (Wildman–Crippen LogP) is -9.89. The molecule has 1 unspecified atom stereocenters. The van der Waals surface area contributed by atoms with E-state index in [0.717, 1.165) is 40.3 Å². The first-order valence-electron chi connectivity index (χ1n) is 11.7. The minimum atomic E-state index is -1.08. The zero-order valence-electron chi connectivity index (χ0n) is 24.1. The molecule has 0 saturated carbocycles. The van der Waals surface area contributed by atoms with Gasteiger partial charge < -0.3 is 50.6 Å². The number of ether oxygens (including phenoxy) is 1. The summed E-state index contributed by atoms with van der Waals surface area (Å²) in [6.45, 7) is 8.29. The summed E-state index contributed by atoms with van der Waals surface area (Å²) in [4.78, 5) is 26.7. The molecule has 0 radical (unpaired) electrons. The van der Waals surface area contributed by atoms with E-state index in [1.54, 1.807) is 0 Å². The van der Waals surface area contributed by atoms with Crippen molar-refractivity contribution in [2.45, 2.75) is 98.0 Å². The van der Waals surface area contributed by atoms with Crippen LogP contribution in [0, 0.1) is 0 Å². The molecule has 0 aromatic rings. The molecular weight excluding hydrogens is 501 g/mol. The third-order valence-electron chi connectivity index (χ3n) is 3.65. The standard InChI is InChI=1S/C17H38N2O2.3C2H4O2.3Na/c1-2-3-4-5-6-7-8-9-10-11-14-21-16-17(20)15-19-13-12-18;3*1-2(3)4;;;/h17,19-20H,2-16,18H2,1H3;3*1H3,(H,3,4);;;/q;;;;3*+1/p-3. The summed E-state index contributed by atoms with van der Waals surface area (Å²) in [5.41, 5.74) is 5.36. The topological polar surface area (TPSA) is 188 Å². The Morgan fingerprint density at radius 1 is 0.778 bits per heavy atom. The zero-order valence-corrected chi connectivity index (χ0v) is 30.1. The van der Waals surface area contributed by atoms with Crippen molar-refractivity contribution in [2.75, 3.05) is 32.8 Å². The van der Waals surface area contributed by atoms with Crippen molar-refractivity contribution in [3.63, 3.8) is 0 Å². The Balaban J connectivity index is -0.0000000936. The maximum atomic E-state index is 9.61. The second-order valence-electron chi connectivity index (χ2n) is 7.38. The summed E-state index contributed by atoms with van der Waals surface area (Å²) in [6, 6.07) is 0. The van der Waals surface area contributed by atoms with E-state index in [-0.39, 0.29) is 88.7 Å². The van der Waals surface area contributed by atoms with Crippen LogP contribution in [0.5, 0.6) is 0 Å². The molecule has 0 aliphatic carbocycles. The van der Waals surface area contributed by atoms with Crippen molar-refractivity contribution in [1.82, 2.24) is 5.32 Å². The molecule has 0 rings (SSSR count). The first-order chi connectivity index (χ1) is 15.5. The van der Waals surface area contributed by atoms with Crippen LogP contribution in [-0.4, -0.2) is 62.0 Å². The largest absolute Gasteiger partial charge is 1.00 e. The zero-order chi connectivity index (χ0) is 26.3. The predicted molar refractivity (Wildman–Crippen MR) is 123 cm³/mol. The van der Waals surface area contributed by atoms with Crippen molar-refractivity contribution in [1.29, 1.82) is 0 Å². The van der Waals surface area contributed by atoms with Crippen LogP contribution in [0.3, 0.4) is 0 Å². The molecule has 0 heterocycles. The molecule has 0 fully saturated rings. The normalized spacial score (nSPS) is 9.50. The van der Waals surface area contributed by atoms with Gasteiger partial charge in [0.25, 0.3) is 0 Å². The van der Waals surface area contributed by atoms with E-state index < -0.39 is 24.0 Å². The van der Waals surface area contributed by atoms with Crippen molar-refractivity contribution < 1.29 is 128 Å². The summed E-state index contributed by atoms with van der Waals surface area (Å²) < 4.78 is 5.48. The molecule has 0 aromatic heterocycles.